The highest BCUT2D eigenvalue weighted by atomic mass is 16.4. The van der Waals surface area contributed by atoms with E-state index >= 15 is 0 Å². The van der Waals surface area contributed by atoms with Crippen LogP contribution in [0.3, 0.4) is 0 Å². The lowest BCUT2D eigenvalue weighted by Crippen LogP contribution is -2.24. The molecule has 2 N–H and O–H groups in total. The lowest BCUT2D eigenvalue weighted by atomic mass is 10.0. The van der Waals surface area contributed by atoms with Crippen molar-refractivity contribution in [2.24, 2.45) is 0 Å². The maximum absolute atomic E-state index is 12.1. The van der Waals surface area contributed by atoms with Gasteiger partial charge in [0.05, 0.1) is 0 Å². The first-order valence-corrected chi connectivity index (χ1v) is 7.99. The maximum Gasteiger partial charge on any atom is 0.303 e. The van der Waals surface area contributed by atoms with Gasteiger partial charge in [0.2, 0.25) is 5.91 Å². The van der Waals surface area contributed by atoms with Gasteiger partial charge in [-0.1, -0.05) is 18.6 Å². The Hall–Kier alpha value is -2.17. The number of benzene rings is 1. The Morgan fingerprint density at radius 3 is 2.35 bits per heavy atom. The number of aliphatic carboxylic acids is 1. The van der Waals surface area contributed by atoms with Gasteiger partial charge in [0, 0.05) is 31.4 Å². The number of carbonyl (C=O) groups is 3. The summed E-state index contributed by atoms with van der Waals surface area (Å²) in [5.41, 5.74) is 2.86. The fraction of sp³-hybridized carbons (Fsp3) is 0.500. The highest BCUT2D eigenvalue weighted by Gasteiger charge is 2.10. The molecule has 5 nitrogen and oxygen atoms in total. The molecular formula is C18H25NO4. The molecule has 5 heteroatoms. The van der Waals surface area contributed by atoms with Gasteiger partial charge in [-0.3, -0.25) is 14.4 Å². The molecule has 0 fully saturated rings. The molecule has 0 bridgehead atoms. The van der Waals surface area contributed by atoms with Crippen LogP contribution in [0, 0.1) is 13.8 Å². The maximum atomic E-state index is 12.1. The highest BCUT2D eigenvalue weighted by Crippen LogP contribution is 2.12. The number of aryl methyl sites for hydroxylation is 2. The van der Waals surface area contributed by atoms with E-state index < -0.39 is 5.97 Å². The summed E-state index contributed by atoms with van der Waals surface area (Å²) in [6, 6.07) is 5.57. The molecule has 0 aliphatic rings. The first-order chi connectivity index (χ1) is 10.9. The number of amides is 1. The normalized spacial score (nSPS) is 10.3. The van der Waals surface area contributed by atoms with Gasteiger partial charge < -0.3 is 10.4 Å². The van der Waals surface area contributed by atoms with E-state index in [4.69, 9.17) is 5.11 Å². The number of rotatable bonds is 10. The van der Waals surface area contributed by atoms with Crippen LogP contribution in [0.2, 0.25) is 0 Å². The van der Waals surface area contributed by atoms with E-state index in [1.165, 1.54) is 0 Å². The molecule has 126 valence electrons. The fourth-order valence-corrected chi connectivity index (χ4v) is 2.18. The van der Waals surface area contributed by atoms with Gasteiger partial charge in [-0.25, -0.2) is 0 Å². The van der Waals surface area contributed by atoms with Crippen molar-refractivity contribution in [2.45, 2.75) is 52.4 Å². The molecule has 0 aliphatic carbocycles. The highest BCUT2D eigenvalue weighted by molar-refractivity contribution is 5.98. The van der Waals surface area contributed by atoms with Crippen molar-refractivity contribution >= 4 is 17.7 Å². The topological polar surface area (TPSA) is 83.5 Å². The molecule has 0 unspecified atom stereocenters. The van der Waals surface area contributed by atoms with E-state index in [2.05, 4.69) is 5.32 Å². The van der Waals surface area contributed by atoms with Crippen LogP contribution in [0.1, 0.15) is 60.0 Å². The molecule has 1 rings (SSSR count). The summed E-state index contributed by atoms with van der Waals surface area (Å²) < 4.78 is 0. The number of hydrogen-bond acceptors (Lipinski definition) is 3. The van der Waals surface area contributed by atoms with Crippen molar-refractivity contribution in [1.29, 1.82) is 0 Å². The molecule has 0 heterocycles. The lowest BCUT2D eigenvalue weighted by Gasteiger charge is -2.06. The van der Waals surface area contributed by atoms with Crippen molar-refractivity contribution < 1.29 is 19.5 Å². The molecule has 0 aliphatic heterocycles. The average Bonchev–Trinajstić information content (AvgIpc) is 2.50. The van der Waals surface area contributed by atoms with E-state index in [1.54, 1.807) is 6.07 Å². The van der Waals surface area contributed by atoms with Crippen molar-refractivity contribution in [1.82, 2.24) is 5.32 Å². The lowest BCUT2D eigenvalue weighted by molar-refractivity contribution is -0.137. The van der Waals surface area contributed by atoms with Crippen LogP contribution in [-0.2, 0) is 9.59 Å². The zero-order valence-corrected chi connectivity index (χ0v) is 13.9. The van der Waals surface area contributed by atoms with Crippen molar-refractivity contribution in [3.05, 3.63) is 34.9 Å². The van der Waals surface area contributed by atoms with Gasteiger partial charge in [-0.2, -0.15) is 0 Å². The summed E-state index contributed by atoms with van der Waals surface area (Å²) in [6.07, 6.45) is 2.70. The number of ketones is 1. The van der Waals surface area contributed by atoms with Gasteiger partial charge in [-0.05, 0) is 43.9 Å². The van der Waals surface area contributed by atoms with Crippen LogP contribution in [-0.4, -0.2) is 29.3 Å². The Morgan fingerprint density at radius 2 is 1.70 bits per heavy atom. The summed E-state index contributed by atoms with van der Waals surface area (Å²) in [6.45, 7) is 4.48. The molecular weight excluding hydrogens is 294 g/mol. The van der Waals surface area contributed by atoms with E-state index in [-0.39, 0.29) is 31.0 Å². The number of Topliss-reactive ketones (excluding diaryl/α,β-unsaturated/α-hetero) is 1. The number of hydrogen-bond donors (Lipinski definition) is 2. The third-order valence-electron chi connectivity index (χ3n) is 3.80. The molecule has 1 aromatic carbocycles. The number of carboxylic acid groups (broad SMARTS) is 1. The zero-order valence-electron chi connectivity index (χ0n) is 13.9. The van der Waals surface area contributed by atoms with Gasteiger partial charge in [0.15, 0.2) is 5.78 Å². The number of nitrogens with one attached hydrogen (secondary N) is 1. The zero-order chi connectivity index (χ0) is 17.2. The summed E-state index contributed by atoms with van der Waals surface area (Å²) in [5, 5.41) is 11.3. The Balaban J connectivity index is 2.21. The van der Waals surface area contributed by atoms with Gasteiger partial charge >= 0.3 is 5.97 Å². The first kappa shape index (κ1) is 18.9. The smallest absolute Gasteiger partial charge is 0.303 e. The standard InChI is InChI=1S/C18H25NO4/c1-13-7-8-15(12-14(13)2)16(20)9-10-17(21)19-11-5-3-4-6-18(22)23/h7-8,12H,3-6,9-11H2,1-2H3,(H,19,21)(H,22,23). The molecule has 0 atom stereocenters. The molecule has 1 amide bonds. The van der Waals surface area contributed by atoms with Crippen LogP contribution in [0.25, 0.3) is 0 Å². The minimum Gasteiger partial charge on any atom is -0.481 e. The Labute approximate surface area is 137 Å². The van der Waals surface area contributed by atoms with E-state index in [1.807, 2.05) is 26.0 Å². The summed E-state index contributed by atoms with van der Waals surface area (Å²) in [7, 11) is 0. The second-order valence-electron chi connectivity index (χ2n) is 5.78. The predicted octanol–water partition coefficient (Wildman–Crippen LogP) is 3.03. The van der Waals surface area contributed by atoms with Crippen molar-refractivity contribution in [3.8, 4) is 0 Å². The number of unbranched alkanes of at least 4 members (excludes halogenated alkanes) is 2. The molecule has 0 spiro atoms. The van der Waals surface area contributed by atoms with Gasteiger partial charge in [-0.15, -0.1) is 0 Å². The fourth-order valence-electron chi connectivity index (χ4n) is 2.18. The molecule has 23 heavy (non-hydrogen) atoms. The second kappa shape index (κ2) is 9.77. The largest absolute Gasteiger partial charge is 0.481 e. The van der Waals surface area contributed by atoms with Gasteiger partial charge in [0.25, 0.3) is 0 Å². The van der Waals surface area contributed by atoms with Crippen LogP contribution in [0.15, 0.2) is 18.2 Å². The third kappa shape index (κ3) is 7.58. The number of carbonyl (C=O) groups excluding carboxylic acids is 2. The summed E-state index contributed by atoms with van der Waals surface area (Å²) in [4.78, 5) is 34.1. The first-order valence-electron chi connectivity index (χ1n) is 7.99. The van der Waals surface area contributed by atoms with E-state index in [0.717, 1.165) is 24.0 Å². The Morgan fingerprint density at radius 1 is 0.957 bits per heavy atom. The average molecular weight is 319 g/mol. The summed E-state index contributed by atoms with van der Waals surface area (Å²) >= 11 is 0. The number of carboxylic acids is 1. The minimum atomic E-state index is -0.793. The predicted molar refractivity (Wildman–Crippen MR) is 88.6 cm³/mol. The Bertz CT molecular complexity index is 566. The third-order valence-corrected chi connectivity index (χ3v) is 3.80. The minimum absolute atomic E-state index is 0.0234. The molecule has 0 aromatic heterocycles. The van der Waals surface area contributed by atoms with Crippen molar-refractivity contribution in [3.63, 3.8) is 0 Å². The van der Waals surface area contributed by atoms with Gasteiger partial charge in [0.1, 0.15) is 0 Å². The van der Waals surface area contributed by atoms with E-state index in [9.17, 15) is 14.4 Å². The van der Waals surface area contributed by atoms with Crippen LogP contribution < -0.4 is 5.32 Å². The van der Waals surface area contributed by atoms with Crippen LogP contribution in [0.4, 0.5) is 0 Å². The molecule has 1 aromatic rings. The second-order valence-corrected chi connectivity index (χ2v) is 5.78. The molecule has 0 saturated carbocycles. The molecule has 0 saturated heterocycles. The summed E-state index contributed by atoms with van der Waals surface area (Å²) in [5.74, 6) is -0.955. The molecule has 0 radical (unpaired) electrons. The van der Waals surface area contributed by atoms with Crippen LogP contribution in [0.5, 0.6) is 0 Å². The van der Waals surface area contributed by atoms with Crippen molar-refractivity contribution in [2.75, 3.05) is 6.54 Å². The van der Waals surface area contributed by atoms with E-state index in [0.29, 0.717) is 18.5 Å². The monoisotopic (exact) mass is 319 g/mol. The SMILES string of the molecule is Cc1ccc(C(=O)CCC(=O)NCCCCCC(=O)O)cc1C. The Kier molecular flexibility index (Phi) is 8.02. The quantitative estimate of drug-likeness (QED) is 0.513. The van der Waals surface area contributed by atoms with Crippen LogP contribution >= 0.6 is 0 Å².